The Morgan fingerprint density at radius 3 is 1.91 bits per heavy atom. The SMILES string of the molecule is COc1ccc(C2=Cc3cc(OC)c(OC)cc3C(=Cc3ccc(OC)c(OC)c3)O2)cc1. The zero-order valence-corrected chi connectivity index (χ0v) is 19.3. The molecule has 0 unspecified atom stereocenters. The standard InChI is InChI=1S/C27H26O6/c1-28-20-9-7-18(8-10-20)23-14-19-15-26(31-4)27(32-5)16-21(19)24(33-23)12-17-6-11-22(29-2)25(13-17)30-3/h6-16H,1-5H3. The molecule has 33 heavy (non-hydrogen) atoms. The summed E-state index contributed by atoms with van der Waals surface area (Å²) in [5.41, 5.74) is 3.67. The Bertz CT molecular complexity index is 1210. The van der Waals surface area contributed by atoms with E-state index in [2.05, 4.69) is 0 Å². The fraction of sp³-hybridized carbons (Fsp3) is 0.185. The lowest BCUT2D eigenvalue weighted by Crippen LogP contribution is -2.04. The Balaban J connectivity index is 1.85. The van der Waals surface area contributed by atoms with Crippen LogP contribution in [0.1, 0.15) is 22.3 Å². The highest BCUT2D eigenvalue weighted by atomic mass is 16.5. The van der Waals surface area contributed by atoms with Crippen LogP contribution in [0, 0.1) is 0 Å². The number of ether oxygens (including phenoxy) is 6. The van der Waals surface area contributed by atoms with Crippen molar-refractivity contribution in [1.29, 1.82) is 0 Å². The molecule has 170 valence electrons. The average molecular weight is 446 g/mol. The van der Waals surface area contributed by atoms with Gasteiger partial charge in [0.15, 0.2) is 23.0 Å². The number of rotatable bonds is 7. The molecule has 0 saturated carbocycles. The van der Waals surface area contributed by atoms with E-state index < -0.39 is 0 Å². The number of benzene rings is 3. The van der Waals surface area contributed by atoms with E-state index in [0.717, 1.165) is 28.0 Å². The van der Waals surface area contributed by atoms with Gasteiger partial charge < -0.3 is 28.4 Å². The Kier molecular flexibility index (Phi) is 6.45. The molecule has 0 radical (unpaired) electrons. The van der Waals surface area contributed by atoms with Crippen LogP contribution in [0.3, 0.4) is 0 Å². The average Bonchev–Trinajstić information content (AvgIpc) is 2.87. The lowest BCUT2D eigenvalue weighted by Gasteiger charge is -2.23. The second kappa shape index (κ2) is 9.61. The fourth-order valence-electron chi connectivity index (χ4n) is 3.67. The first-order valence-corrected chi connectivity index (χ1v) is 10.3. The molecule has 3 aromatic rings. The molecule has 1 aliphatic rings. The minimum absolute atomic E-state index is 0.624. The topological polar surface area (TPSA) is 55.4 Å². The molecule has 0 aliphatic carbocycles. The predicted octanol–water partition coefficient (Wildman–Crippen LogP) is 5.76. The van der Waals surface area contributed by atoms with Gasteiger partial charge in [-0.1, -0.05) is 6.07 Å². The molecule has 0 bridgehead atoms. The molecule has 0 saturated heterocycles. The molecular formula is C27H26O6. The smallest absolute Gasteiger partial charge is 0.161 e. The first kappa shape index (κ1) is 22.1. The van der Waals surface area contributed by atoms with Gasteiger partial charge in [-0.2, -0.15) is 0 Å². The quantitative estimate of drug-likeness (QED) is 0.460. The van der Waals surface area contributed by atoms with E-state index in [-0.39, 0.29) is 0 Å². The predicted molar refractivity (Wildman–Crippen MR) is 129 cm³/mol. The Hall–Kier alpha value is -4.06. The molecule has 4 rings (SSSR count). The minimum Gasteiger partial charge on any atom is -0.497 e. The largest absolute Gasteiger partial charge is 0.497 e. The summed E-state index contributed by atoms with van der Waals surface area (Å²) in [7, 11) is 8.11. The van der Waals surface area contributed by atoms with E-state index >= 15 is 0 Å². The molecule has 0 amide bonds. The molecule has 0 fully saturated rings. The maximum absolute atomic E-state index is 6.39. The van der Waals surface area contributed by atoms with Crippen molar-refractivity contribution in [2.75, 3.05) is 35.5 Å². The van der Waals surface area contributed by atoms with Crippen molar-refractivity contribution < 1.29 is 28.4 Å². The van der Waals surface area contributed by atoms with Crippen molar-refractivity contribution >= 4 is 23.7 Å². The number of hydrogen-bond acceptors (Lipinski definition) is 6. The third-order valence-corrected chi connectivity index (χ3v) is 5.41. The zero-order chi connectivity index (χ0) is 23.4. The van der Waals surface area contributed by atoms with Crippen molar-refractivity contribution in [1.82, 2.24) is 0 Å². The van der Waals surface area contributed by atoms with Crippen molar-refractivity contribution in [2.24, 2.45) is 0 Å². The minimum atomic E-state index is 0.624. The summed E-state index contributed by atoms with van der Waals surface area (Å²) in [5, 5.41) is 0. The highest BCUT2D eigenvalue weighted by Crippen LogP contribution is 2.42. The molecule has 0 atom stereocenters. The van der Waals surface area contributed by atoms with Crippen LogP contribution in [-0.4, -0.2) is 35.5 Å². The molecule has 6 heteroatoms. The molecule has 0 aromatic heterocycles. The molecule has 0 spiro atoms. The van der Waals surface area contributed by atoms with Gasteiger partial charge in [0.25, 0.3) is 0 Å². The lowest BCUT2D eigenvalue weighted by molar-refractivity contribution is 0.354. The summed E-state index contributed by atoms with van der Waals surface area (Å²) in [6.07, 6.45) is 3.95. The van der Waals surface area contributed by atoms with E-state index in [1.165, 1.54) is 0 Å². The Labute approximate surface area is 193 Å². The van der Waals surface area contributed by atoms with Crippen LogP contribution in [-0.2, 0) is 4.74 Å². The summed E-state index contributed by atoms with van der Waals surface area (Å²) >= 11 is 0. The second-order valence-electron chi connectivity index (χ2n) is 7.26. The molecule has 0 N–H and O–H groups in total. The van der Waals surface area contributed by atoms with Gasteiger partial charge in [-0.15, -0.1) is 0 Å². The van der Waals surface area contributed by atoms with Gasteiger partial charge in [-0.3, -0.25) is 0 Å². The van der Waals surface area contributed by atoms with Crippen LogP contribution in [0.4, 0.5) is 0 Å². The molecule has 1 heterocycles. The number of hydrogen-bond donors (Lipinski definition) is 0. The van der Waals surface area contributed by atoms with Gasteiger partial charge in [0.1, 0.15) is 17.3 Å². The van der Waals surface area contributed by atoms with E-state index in [0.29, 0.717) is 34.5 Å². The van der Waals surface area contributed by atoms with Crippen LogP contribution in [0.15, 0.2) is 54.6 Å². The monoisotopic (exact) mass is 446 g/mol. The third-order valence-electron chi connectivity index (χ3n) is 5.41. The highest BCUT2D eigenvalue weighted by Gasteiger charge is 2.22. The molecule has 6 nitrogen and oxygen atoms in total. The van der Waals surface area contributed by atoms with Gasteiger partial charge in [0.2, 0.25) is 0 Å². The van der Waals surface area contributed by atoms with Crippen LogP contribution < -0.4 is 23.7 Å². The summed E-state index contributed by atoms with van der Waals surface area (Å²) in [5.74, 6) is 4.74. The summed E-state index contributed by atoms with van der Waals surface area (Å²) < 4.78 is 33.5. The normalized spacial score (nSPS) is 13.5. The summed E-state index contributed by atoms with van der Waals surface area (Å²) in [6, 6.07) is 17.3. The fourth-order valence-corrected chi connectivity index (χ4v) is 3.67. The molecule has 3 aromatic carbocycles. The Morgan fingerprint density at radius 2 is 1.27 bits per heavy atom. The van der Waals surface area contributed by atoms with Gasteiger partial charge in [0.05, 0.1) is 35.5 Å². The van der Waals surface area contributed by atoms with Crippen LogP contribution >= 0.6 is 0 Å². The van der Waals surface area contributed by atoms with E-state index in [1.807, 2.05) is 66.7 Å². The van der Waals surface area contributed by atoms with Gasteiger partial charge in [-0.05, 0) is 71.8 Å². The first-order valence-electron chi connectivity index (χ1n) is 10.3. The number of fused-ring (bicyclic) bond motifs is 1. The summed E-state index contributed by atoms with van der Waals surface area (Å²) in [4.78, 5) is 0. The van der Waals surface area contributed by atoms with Crippen molar-refractivity contribution in [3.63, 3.8) is 0 Å². The third kappa shape index (κ3) is 4.46. The maximum Gasteiger partial charge on any atom is 0.161 e. The van der Waals surface area contributed by atoms with Crippen molar-refractivity contribution in [2.45, 2.75) is 0 Å². The van der Waals surface area contributed by atoms with Gasteiger partial charge in [0, 0.05) is 11.1 Å². The summed E-state index contributed by atoms with van der Waals surface area (Å²) in [6.45, 7) is 0. The van der Waals surface area contributed by atoms with Crippen LogP contribution in [0.2, 0.25) is 0 Å². The lowest BCUT2D eigenvalue weighted by atomic mass is 9.98. The van der Waals surface area contributed by atoms with Crippen molar-refractivity contribution in [3.05, 3.63) is 76.9 Å². The second-order valence-corrected chi connectivity index (χ2v) is 7.26. The Morgan fingerprint density at radius 1 is 0.636 bits per heavy atom. The van der Waals surface area contributed by atoms with Crippen LogP contribution in [0.5, 0.6) is 28.7 Å². The molecule has 1 aliphatic heterocycles. The van der Waals surface area contributed by atoms with Gasteiger partial charge >= 0.3 is 0 Å². The maximum atomic E-state index is 6.39. The zero-order valence-electron chi connectivity index (χ0n) is 19.3. The number of methoxy groups -OCH3 is 5. The molecular weight excluding hydrogens is 420 g/mol. The first-order chi connectivity index (χ1) is 16.1. The van der Waals surface area contributed by atoms with E-state index in [9.17, 15) is 0 Å². The van der Waals surface area contributed by atoms with E-state index in [4.69, 9.17) is 28.4 Å². The highest BCUT2D eigenvalue weighted by molar-refractivity contribution is 5.94. The van der Waals surface area contributed by atoms with Crippen LogP contribution in [0.25, 0.3) is 23.7 Å². The van der Waals surface area contributed by atoms with Gasteiger partial charge in [-0.25, -0.2) is 0 Å². The van der Waals surface area contributed by atoms with E-state index in [1.54, 1.807) is 35.5 Å². The van der Waals surface area contributed by atoms with Crippen molar-refractivity contribution in [3.8, 4) is 28.7 Å².